The highest BCUT2D eigenvalue weighted by atomic mass is 32.2. The number of fused-ring (bicyclic) bond motifs is 4. The van der Waals surface area contributed by atoms with Crippen LogP contribution >= 0.6 is 22.7 Å². The minimum absolute atomic E-state index is 0.277. The average molecular weight is 819 g/mol. The fourth-order valence-corrected chi connectivity index (χ4v) is 12.7. The van der Waals surface area contributed by atoms with Gasteiger partial charge in [-0.25, -0.2) is 26.8 Å². The number of benzene rings is 6. The molecule has 0 unspecified atom stereocenters. The molecule has 0 atom stereocenters. The van der Waals surface area contributed by atoms with Crippen molar-refractivity contribution in [3.05, 3.63) is 121 Å². The smallest absolute Gasteiger partial charge is 0.209 e. The van der Waals surface area contributed by atoms with E-state index < -0.39 is 19.7 Å². The maximum absolute atomic E-state index is 13.6. The van der Waals surface area contributed by atoms with E-state index in [1.54, 1.807) is 71.2 Å². The summed E-state index contributed by atoms with van der Waals surface area (Å²) in [4.78, 5) is 15.2. The standard InChI is InChI=1S/2C21H19N3O2S2/c25-28(26,18-9-3-6-15-5-1-2-7-16(15)18)19-10-4-8-17-20(19)23-21(27-17)24-13-11-22-12-14-24;25-28(26,20-7-3-5-15-4-1-2-6-17(15)20)16-8-9-18-19(14-16)27-21(23-18)24-12-10-22-11-13-24/h1-10,22H,11-14H2;1-9,14,22H,10-13H2. The molecule has 56 heavy (non-hydrogen) atoms. The van der Waals surface area contributed by atoms with Crippen molar-refractivity contribution in [3.63, 3.8) is 0 Å². The molecule has 2 aliphatic heterocycles. The quantitative estimate of drug-likeness (QED) is 0.176. The van der Waals surface area contributed by atoms with Crippen LogP contribution in [0.2, 0.25) is 0 Å². The maximum Gasteiger partial charge on any atom is 0.209 e. The number of thiazole rings is 2. The molecule has 6 aromatic carbocycles. The molecule has 0 amide bonds. The van der Waals surface area contributed by atoms with E-state index in [9.17, 15) is 16.8 Å². The van der Waals surface area contributed by atoms with Gasteiger partial charge in [-0.3, -0.25) is 0 Å². The Kier molecular flexibility index (Phi) is 9.94. The van der Waals surface area contributed by atoms with E-state index >= 15 is 0 Å². The van der Waals surface area contributed by atoms with Gasteiger partial charge in [0, 0.05) is 63.1 Å². The molecular weight excluding hydrogens is 781 g/mol. The number of sulfone groups is 2. The van der Waals surface area contributed by atoms with Crippen LogP contribution in [0.1, 0.15) is 0 Å². The predicted octanol–water partition coefficient (Wildman–Crippen LogP) is 7.38. The molecule has 0 radical (unpaired) electrons. The van der Waals surface area contributed by atoms with E-state index in [-0.39, 0.29) is 4.90 Å². The van der Waals surface area contributed by atoms with Gasteiger partial charge in [-0.05, 0) is 53.2 Å². The number of hydrogen-bond acceptors (Lipinski definition) is 12. The number of anilines is 2. The first-order valence-electron chi connectivity index (χ1n) is 18.4. The summed E-state index contributed by atoms with van der Waals surface area (Å²) in [6, 6.07) is 36.6. The monoisotopic (exact) mass is 818 g/mol. The van der Waals surface area contributed by atoms with Crippen molar-refractivity contribution in [3.8, 4) is 0 Å². The molecule has 0 aliphatic carbocycles. The summed E-state index contributed by atoms with van der Waals surface area (Å²) in [6.07, 6.45) is 0. The van der Waals surface area contributed by atoms with Crippen LogP contribution in [0.15, 0.2) is 141 Å². The van der Waals surface area contributed by atoms with Crippen molar-refractivity contribution in [2.75, 3.05) is 62.2 Å². The van der Waals surface area contributed by atoms with Crippen LogP contribution in [-0.4, -0.2) is 79.2 Å². The Labute approximate surface area is 333 Å². The highest BCUT2D eigenvalue weighted by Crippen LogP contribution is 2.37. The zero-order valence-electron chi connectivity index (χ0n) is 30.3. The largest absolute Gasteiger partial charge is 0.346 e. The van der Waals surface area contributed by atoms with Gasteiger partial charge < -0.3 is 20.4 Å². The van der Waals surface area contributed by atoms with Gasteiger partial charge in [0.15, 0.2) is 10.3 Å². The Balaban J connectivity index is 0.000000146. The Bertz CT molecular complexity index is 2940. The number of nitrogens with zero attached hydrogens (tertiary/aromatic N) is 4. The number of rotatable bonds is 6. The summed E-state index contributed by atoms with van der Waals surface area (Å²) in [7, 11) is -7.31. The fourth-order valence-electron chi connectivity index (χ4n) is 7.28. The van der Waals surface area contributed by atoms with Crippen LogP contribution in [0.25, 0.3) is 42.0 Å². The number of hydrogen-bond donors (Lipinski definition) is 2. The second-order valence-electron chi connectivity index (χ2n) is 13.7. The summed E-state index contributed by atoms with van der Waals surface area (Å²) in [5.41, 5.74) is 1.41. The van der Waals surface area contributed by atoms with Crippen molar-refractivity contribution in [2.45, 2.75) is 19.6 Å². The SMILES string of the molecule is O=S(=O)(c1ccc2nc(N3CCNCC3)sc2c1)c1cccc2ccccc12.O=S(=O)(c1cccc2ccccc12)c1cccc2sc(N3CCNCC3)nc12. The average Bonchev–Trinajstić information content (AvgIpc) is 3.89. The minimum atomic E-state index is -3.70. The van der Waals surface area contributed by atoms with Gasteiger partial charge in [-0.15, -0.1) is 0 Å². The third kappa shape index (κ3) is 6.90. The summed E-state index contributed by atoms with van der Waals surface area (Å²) < 4.78 is 55.7. The van der Waals surface area contributed by atoms with Gasteiger partial charge in [0.05, 0.1) is 34.5 Å². The highest BCUT2D eigenvalue weighted by molar-refractivity contribution is 7.92. The number of nitrogens with one attached hydrogen (secondary N) is 2. The molecule has 10 nitrogen and oxygen atoms in total. The lowest BCUT2D eigenvalue weighted by atomic mass is 10.1. The van der Waals surface area contributed by atoms with E-state index in [1.807, 2.05) is 72.8 Å². The predicted molar refractivity (Wildman–Crippen MR) is 228 cm³/mol. The molecule has 2 fully saturated rings. The van der Waals surface area contributed by atoms with E-state index in [4.69, 9.17) is 9.97 Å². The molecule has 10 rings (SSSR count). The molecule has 0 spiro atoms. The molecular formula is C42H38N6O4S4. The molecule has 284 valence electrons. The molecule has 14 heteroatoms. The first-order valence-corrected chi connectivity index (χ1v) is 23.0. The Morgan fingerprint density at radius 2 is 1.00 bits per heavy atom. The van der Waals surface area contributed by atoms with Crippen LogP contribution in [0.4, 0.5) is 10.3 Å². The molecule has 2 aliphatic rings. The maximum atomic E-state index is 13.6. The highest BCUT2D eigenvalue weighted by Gasteiger charge is 2.26. The van der Waals surface area contributed by atoms with Gasteiger partial charge in [0.25, 0.3) is 0 Å². The molecule has 0 bridgehead atoms. The Hall–Kier alpha value is -4.96. The lowest BCUT2D eigenvalue weighted by Gasteiger charge is -2.26. The number of piperazine rings is 2. The van der Waals surface area contributed by atoms with Crippen molar-refractivity contribution >= 4 is 94.6 Å². The van der Waals surface area contributed by atoms with E-state index in [0.29, 0.717) is 20.2 Å². The third-order valence-electron chi connectivity index (χ3n) is 10.2. The normalized spacial score (nSPS) is 15.4. The number of aromatic nitrogens is 2. The molecule has 2 N–H and O–H groups in total. The summed E-state index contributed by atoms with van der Waals surface area (Å²) >= 11 is 3.11. The minimum Gasteiger partial charge on any atom is -0.346 e. The van der Waals surface area contributed by atoms with Crippen molar-refractivity contribution < 1.29 is 16.8 Å². The second kappa shape index (κ2) is 15.2. The van der Waals surface area contributed by atoms with Crippen LogP contribution in [0, 0.1) is 0 Å². The van der Waals surface area contributed by atoms with Crippen LogP contribution in [-0.2, 0) is 19.7 Å². The van der Waals surface area contributed by atoms with Crippen molar-refractivity contribution in [1.29, 1.82) is 0 Å². The first-order chi connectivity index (χ1) is 27.3. The van der Waals surface area contributed by atoms with Crippen molar-refractivity contribution in [2.24, 2.45) is 0 Å². The van der Waals surface area contributed by atoms with Crippen LogP contribution in [0.3, 0.4) is 0 Å². The van der Waals surface area contributed by atoms with E-state index in [1.165, 1.54) is 0 Å². The first kappa shape index (κ1) is 36.7. The van der Waals surface area contributed by atoms with Gasteiger partial charge in [-0.2, -0.15) is 0 Å². The third-order valence-corrected chi connectivity index (χ3v) is 16.0. The topological polar surface area (TPSA) is 125 Å². The zero-order chi connectivity index (χ0) is 38.3. The molecule has 2 aromatic heterocycles. The lowest BCUT2D eigenvalue weighted by molar-refractivity contribution is 0.588. The Morgan fingerprint density at radius 1 is 0.500 bits per heavy atom. The fraction of sp³-hybridized carbons (Fsp3) is 0.190. The molecule has 4 heterocycles. The summed E-state index contributed by atoms with van der Waals surface area (Å²) in [6.45, 7) is 7.31. The van der Waals surface area contributed by atoms with Crippen LogP contribution in [0.5, 0.6) is 0 Å². The Morgan fingerprint density at radius 3 is 1.62 bits per heavy atom. The lowest BCUT2D eigenvalue weighted by Crippen LogP contribution is -2.43. The molecule has 0 saturated carbocycles. The number of para-hydroxylation sites is 1. The van der Waals surface area contributed by atoms with Gasteiger partial charge in [0.1, 0.15) is 5.52 Å². The second-order valence-corrected chi connectivity index (χ2v) is 19.5. The van der Waals surface area contributed by atoms with Crippen LogP contribution < -0.4 is 20.4 Å². The zero-order valence-corrected chi connectivity index (χ0v) is 33.5. The summed E-state index contributed by atoms with van der Waals surface area (Å²) in [5, 5.41) is 11.8. The van der Waals surface area contributed by atoms with Gasteiger partial charge >= 0.3 is 0 Å². The molecule has 2 saturated heterocycles. The summed E-state index contributed by atoms with van der Waals surface area (Å²) in [5.74, 6) is 0. The van der Waals surface area contributed by atoms with Crippen molar-refractivity contribution in [1.82, 2.24) is 20.6 Å². The molecule has 8 aromatic rings. The van der Waals surface area contributed by atoms with Gasteiger partial charge in [-0.1, -0.05) is 102 Å². The van der Waals surface area contributed by atoms with E-state index in [2.05, 4.69) is 20.4 Å². The van der Waals surface area contributed by atoms with Gasteiger partial charge in [0.2, 0.25) is 19.7 Å². The van der Waals surface area contributed by atoms with E-state index in [0.717, 1.165) is 99.1 Å².